The van der Waals surface area contributed by atoms with Crippen molar-refractivity contribution in [1.82, 2.24) is 15.2 Å². The number of sulfone groups is 1. The molecule has 3 aromatic carbocycles. The molecule has 0 radical (unpaired) electrons. The molecule has 4 N–H and O–H groups in total. The van der Waals surface area contributed by atoms with E-state index in [4.69, 9.17) is 10.1 Å². The SMILES string of the molecule is CCCCCCCCCCCCCCC(C(=O)NCCS(N)(=O)=O)(c1nc2ccc(-c3ccc(C(=O)N4CC(C)(O)C4)cc3)cc2s1)S(=O)(=O)Cc1cccc(C(F)(F)F)c1. The summed E-state index contributed by atoms with van der Waals surface area (Å²) in [6, 6.07) is 16.1. The van der Waals surface area contributed by atoms with Gasteiger partial charge in [-0.3, -0.25) is 9.59 Å². The van der Waals surface area contributed by atoms with Gasteiger partial charge in [0, 0.05) is 12.1 Å². The molecule has 11 nitrogen and oxygen atoms in total. The number of primary sulfonamides is 1. The van der Waals surface area contributed by atoms with E-state index in [1.54, 1.807) is 54.3 Å². The average Bonchev–Trinajstić information content (AvgIpc) is 3.61. The number of hydrogen-bond acceptors (Lipinski definition) is 9. The molecule has 1 aromatic heterocycles. The van der Waals surface area contributed by atoms with E-state index < -0.39 is 65.9 Å². The van der Waals surface area contributed by atoms with E-state index in [9.17, 15) is 44.7 Å². The van der Waals surface area contributed by atoms with Crippen molar-refractivity contribution < 1.29 is 44.7 Å². The maximum Gasteiger partial charge on any atom is 0.416 e. The average molecular weight is 907 g/mol. The van der Waals surface area contributed by atoms with Crippen molar-refractivity contribution in [2.24, 2.45) is 5.14 Å². The molecule has 61 heavy (non-hydrogen) atoms. The summed E-state index contributed by atoms with van der Waals surface area (Å²) in [5, 5.41) is 17.7. The van der Waals surface area contributed by atoms with Crippen LogP contribution in [0.2, 0.25) is 0 Å². The van der Waals surface area contributed by atoms with Crippen LogP contribution in [0, 0.1) is 0 Å². The Morgan fingerprint density at radius 1 is 0.852 bits per heavy atom. The number of nitrogens with two attached hydrogens (primary N) is 1. The van der Waals surface area contributed by atoms with Gasteiger partial charge in [-0.05, 0) is 60.4 Å². The first-order valence-electron chi connectivity index (χ1n) is 20.9. The van der Waals surface area contributed by atoms with Gasteiger partial charge in [-0.25, -0.2) is 27.0 Å². The molecular weight excluding hydrogens is 850 g/mol. The molecule has 5 rings (SSSR count). The zero-order chi connectivity index (χ0) is 44.5. The lowest BCUT2D eigenvalue weighted by Crippen LogP contribution is -2.61. The Morgan fingerprint density at radius 3 is 2.02 bits per heavy atom. The normalized spacial score (nSPS) is 15.4. The maximum absolute atomic E-state index is 14.9. The second-order valence-electron chi connectivity index (χ2n) is 16.5. The van der Waals surface area contributed by atoms with Crippen molar-refractivity contribution in [3.05, 3.63) is 88.4 Å². The predicted molar refractivity (Wildman–Crippen MR) is 234 cm³/mol. The van der Waals surface area contributed by atoms with Gasteiger partial charge in [0.15, 0.2) is 9.84 Å². The van der Waals surface area contributed by atoms with Gasteiger partial charge < -0.3 is 15.3 Å². The highest BCUT2D eigenvalue weighted by Gasteiger charge is 2.54. The molecule has 0 spiro atoms. The fourth-order valence-electron chi connectivity index (χ4n) is 7.78. The van der Waals surface area contributed by atoms with E-state index in [0.717, 1.165) is 67.2 Å². The van der Waals surface area contributed by atoms with Gasteiger partial charge in [-0.15, -0.1) is 11.3 Å². The van der Waals surface area contributed by atoms with Crippen molar-refractivity contribution >= 4 is 53.2 Å². The number of fused-ring (bicyclic) bond motifs is 1. The molecule has 4 aromatic rings. The quantitative estimate of drug-likeness (QED) is 0.0621. The molecule has 17 heteroatoms. The van der Waals surface area contributed by atoms with Crippen LogP contribution in [-0.2, 0) is 41.3 Å². The number of carbonyl (C=O) groups is 2. The van der Waals surface area contributed by atoms with E-state index >= 15 is 0 Å². The Morgan fingerprint density at radius 2 is 1.44 bits per heavy atom. The number of nitrogens with zero attached hydrogens (tertiary/aromatic N) is 2. The number of aromatic nitrogens is 1. The summed E-state index contributed by atoms with van der Waals surface area (Å²) in [5.74, 6) is -2.83. The summed E-state index contributed by atoms with van der Waals surface area (Å²) in [4.78, 5) is 33.7. The maximum atomic E-state index is 14.9. The van der Waals surface area contributed by atoms with Crippen molar-refractivity contribution in [3.63, 3.8) is 0 Å². The zero-order valence-electron chi connectivity index (χ0n) is 34.8. The van der Waals surface area contributed by atoms with Crippen molar-refractivity contribution in [2.45, 2.75) is 120 Å². The number of aliphatic hydroxyl groups is 1. The third kappa shape index (κ3) is 12.8. The Labute approximate surface area is 361 Å². The van der Waals surface area contributed by atoms with Crippen LogP contribution in [0.15, 0.2) is 66.7 Å². The van der Waals surface area contributed by atoms with Crippen LogP contribution in [0.4, 0.5) is 13.2 Å². The molecule has 0 bridgehead atoms. The zero-order valence-corrected chi connectivity index (χ0v) is 37.3. The first-order valence-corrected chi connectivity index (χ1v) is 25.1. The van der Waals surface area contributed by atoms with Crippen LogP contribution >= 0.6 is 11.3 Å². The number of nitrogens with one attached hydrogen (secondary N) is 1. The number of likely N-dealkylation sites (tertiary alicyclic amines) is 1. The van der Waals surface area contributed by atoms with Gasteiger partial charge in [-0.2, -0.15) is 13.2 Å². The molecule has 0 aliphatic carbocycles. The van der Waals surface area contributed by atoms with Crippen LogP contribution in [0.25, 0.3) is 21.3 Å². The summed E-state index contributed by atoms with van der Waals surface area (Å²) in [7, 11) is -8.79. The summed E-state index contributed by atoms with van der Waals surface area (Å²) < 4.78 is 92.9. The fourth-order valence-corrected chi connectivity index (χ4v) is 11.8. The van der Waals surface area contributed by atoms with E-state index in [2.05, 4.69) is 12.2 Å². The van der Waals surface area contributed by atoms with Gasteiger partial charge in [0.1, 0.15) is 5.01 Å². The molecule has 1 saturated heterocycles. The van der Waals surface area contributed by atoms with Crippen LogP contribution in [0.3, 0.4) is 0 Å². The summed E-state index contributed by atoms with van der Waals surface area (Å²) >= 11 is 0.973. The second kappa shape index (κ2) is 20.5. The number of carbonyl (C=O) groups excluding carboxylic acids is 2. The number of benzene rings is 3. The number of rotatable bonds is 23. The van der Waals surface area contributed by atoms with Crippen molar-refractivity contribution in [2.75, 3.05) is 25.4 Å². The minimum absolute atomic E-state index is 0.0887. The second-order valence-corrected chi connectivity index (χ2v) is 21.5. The van der Waals surface area contributed by atoms with E-state index in [-0.39, 0.29) is 42.4 Å². The number of halogens is 3. The molecule has 1 unspecified atom stereocenters. The smallest absolute Gasteiger partial charge is 0.386 e. The highest BCUT2D eigenvalue weighted by molar-refractivity contribution is 7.92. The third-order valence-electron chi connectivity index (χ3n) is 11.1. The Kier molecular flexibility index (Phi) is 16.2. The lowest BCUT2D eigenvalue weighted by molar-refractivity contribution is -0.137. The number of alkyl halides is 3. The Bertz CT molecular complexity index is 2340. The van der Waals surface area contributed by atoms with Gasteiger partial charge in [-0.1, -0.05) is 120 Å². The fraction of sp³-hybridized carbons (Fsp3) is 0.523. The highest BCUT2D eigenvalue weighted by Crippen LogP contribution is 2.43. The van der Waals surface area contributed by atoms with Crippen LogP contribution in [-0.4, -0.2) is 74.6 Å². The molecule has 2 heterocycles. The molecule has 1 fully saturated rings. The predicted octanol–water partition coefficient (Wildman–Crippen LogP) is 8.50. The molecule has 0 saturated carbocycles. The number of sulfonamides is 1. The topological polar surface area (TPSA) is 177 Å². The summed E-state index contributed by atoms with van der Waals surface area (Å²) in [5.41, 5.74) is 0.161. The van der Waals surface area contributed by atoms with Gasteiger partial charge >= 0.3 is 6.18 Å². The molecule has 1 atom stereocenters. The number of amides is 2. The summed E-state index contributed by atoms with van der Waals surface area (Å²) in [6.45, 7) is 3.82. The lowest BCUT2D eigenvalue weighted by atomic mass is 9.95. The van der Waals surface area contributed by atoms with Crippen molar-refractivity contribution in [3.8, 4) is 11.1 Å². The molecule has 2 amide bonds. The number of unbranched alkanes of at least 4 members (excludes halogenated alkanes) is 11. The van der Waals surface area contributed by atoms with Crippen LogP contribution in [0.5, 0.6) is 0 Å². The largest absolute Gasteiger partial charge is 0.416 e. The molecular formula is C44H57F3N4O7S3. The van der Waals surface area contributed by atoms with Crippen molar-refractivity contribution in [1.29, 1.82) is 0 Å². The van der Waals surface area contributed by atoms with Gasteiger partial charge in [0.2, 0.25) is 20.7 Å². The summed E-state index contributed by atoms with van der Waals surface area (Å²) in [6.07, 6.45) is 6.88. The van der Waals surface area contributed by atoms with Crippen LogP contribution < -0.4 is 10.5 Å². The minimum atomic E-state index is -4.74. The Hall–Kier alpha value is -3.90. The van der Waals surface area contributed by atoms with Crippen LogP contribution in [0.1, 0.15) is 124 Å². The number of thiazole rings is 1. The van der Waals surface area contributed by atoms with Gasteiger partial charge in [0.25, 0.3) is 5.91 Å². The number of β-amino-alcohol motifs (C(OH)–C–C–N with tert-alkyl or cyclic N) is 1. The third-order valence-corrected chi connectivity index (χ3v) is 15.6. The number of hydrogen-bond donors (Lipinski definition) is 3. The lowest BCUT2D eigenvalue weighted by Gasteiger charge is -2.44. The monoisotopic (exact) mass is 906 g/mol. The molecule has 1 aliphatic heterocycles. The first kappa shape index (κ1) is 48.1. The van der Waals surface area contributed by atoms with E-state index in [1.165, 1.54) is 38.2 Å². The molecule has 1 aliphatic rings. The van der Waals surface area contributed by atoms with Gasteiger partial charge in [0.05, 0.1) is 46.0 Å². The standard InChI is InChI=1S/C44H57F3N4O7S3/c1-3-4-5-6-7-8-9-10-11-12-13-14-24-43(40(53)49-25-26-61(48,57)58,60(55,56)29-32-16-15-17-36(27-32)44(45,46)47)41-50-37-23-22-35(28-38(37)59-41)33-18-20-34(21-19-33)39(52)51-30-42(2,54)31-51/h15-23,27-28,54H,3-14,24-26,29-31H2,1-2H3,(H,49,53)(H2,48,57,58). The Balaban J connectivity index is 1.47. The van der Waals surface area contributed by atoms with E-state index in [0.29, 0.717) is 27.8 Å². The van der Waals surface area contributed by atoms with E-state index in [1.807, 2.05) is 0 Å². The molecule has 334 valence electrons. The minimum Gasteiger partial charge on any atom is -0.386 e. The first-order chi connectivity index (χ1) is 28.7. The highest BCUT2D eigenvalue weighted by atomic mass is 32.2.